The fourth-order valence-electron chi connectivity index (χ4n) is 3.24. The molecule has 2 heterocycles. The minimum Gasteiger partial charge on any atom is -0.430 e. The number of likely N-dealkylation sites (tertiary alicyclic amines) is 1. The van der Waals surface area contributed by atoms with Crippen molar-refractivity contribution in [2.75, 3.05) is 18.4 Å². The minimum atomic E-state index is -5.18. The Morgan fingerprint density at radius 3 is 2.42 bits per heavy atom. The fourth-order valence-corrected chi connectivity index (χ4v) is 3.42. The second-order valence-corrected chi connectivity index (χ2v) is 6.72. The third-order valence-corrected chi connectivity index (χ3v) is 4.71. The highest BCUT2D eigenvalue weighted by molar-refractivity contribution is 6.33. The van der Waals surface area contributed by atoms with Crippen LogP contribution in [0.5, 0.6) is 0 Å². The summed E-state index contributed by atoms with van der Waals surface area (Å²) in [4.78, 5) is 25.4. The molecule has 10 heteroatoms. The van der Waals surface area contributed by atoms with Crippen molar-refractivity contribution in [2.24, 2.45) is 0 Å². The van der Waals surface area contributed by atoms with Gasteiger partial charge in [-0.25, -0.2) is 4.79 Å². The van der Waals surface area contributed by atoms with Crippen LogP contribution in [0, 0.1) is 0 Å². The first-order chi connectivity index (χ1) is 12.2. The molecule has 2 saturated heterocycles. The van der Waals surface area contributed by atoms with Crippen molar-refractivity contribution in [3.05, 3.63) is 29.3 Å². The average molecular weight is 392 g/mol. The van der Waals surface area contributed by atoms with Gasteiger partial charge in [-0.1, -0.05) is 23.7 Å². The van der Waals surface area contributed by atoms with Crippen molar-refractivity contribution >= 4 is 29.2 Å². The Labute approximate surface area is 152 Å². The van der Waals surface area contributed by atoms with Gasteiger partial charge in [-0.3, -0.25) is 9.69 Å². The molecule has 142 valence electrons. The third-order valence-electron chi connectivity index (χ3n) is 4.38. The molecule has 2 N–H and O–H groups in total. The van der Waals surface area contributed by atoms with Gasteiger partial charge in [-0.15, -0.1) is 0 Å². The topological polar surface area (TPSA) is 70.7 Å². The number of benzene rings is 1. The second kappa shape index (κ2) is 7.42. The zero-order valence-corrected chi connectivity index (χ0v) is 14.3. The molecule has 1 aromatic carbocycles. The van der Waals surface area contributed by atoms with Crippen molar-refractivity contribution in [1.82, 2.24) is 10.2 Å². The number of carbonyl (C=O) groups is 2. The molecule has 0 saturated carbocycles. The van der Waals surface area contributed by atoms with E-state index in [0.29, 0.717) is 13.1 Å². The van der Waals surface area contributed by atoms with Gasteiger partial charge < -0.3 is 15.4 Å². The standard InChI is InChI=1S/C16H17ClF3N3O3/c17-11-3-1-2-4-12(11)22-13(24)14(26-15(25)16(18,19)20)23-7-9-5-6-10(8-23)21-9/h1-4,9-10,14,21H,5-8H2,(H,22,24). The SMILES string of the molecule is O=C(Nc1ccccc1Cl)C(OC(=O)C(F)(F)F)N1CC2CCC(C1)N2. The van der Waals surface area contributed by atoms with Crippen LogP contribution in [0.25, 0.3) is 0 Å². The maximum atomic E-state index is 12.6. The van der Waals surface area contributed by atoms with E-state index in [1.54, 1.807) is 12.1 Å². The Balaban J connectivity index is 1.79. The first kappa shape index (κ1) is 18.9. The lowest BCUT2D eigenvalue weighted by Gasteiger charge is -2.37. The lowest BCUT2D eigenvalue weighted by molar-refractivity contribution is -0.213. The Kier molecular flexibility index (Phi) is 5.40. The normalized spacial score (nSPS) is 24.2. The summed E-state index contributed by atoms with van der Waals surface area (Å²) in [5, 5.41) is 5.96. The van der Waals surface area contributed by atoms with E-state index in [9.17, 15) is 22.8 Å². The number of halogens is 4. The zero-order chi connectivity index (χ0) is 18.9. The summed E-state index contributed by atoms with van der Waals surface area (Å²) >= 11 is 5.97. The first-order valence-corrected chi connectivity index (χ1v) is 8.45. The number of fused-ring (bicyclic) bond motifs is 2. The number of hydrogen-bond acceptors (Lipinski definition) is 5. The minimum absolute atomic E-state index is 0.0500. The van der Waals surface area contributed by atoms with Crippen LogP contribution in [-0.2, 0) is 14.3 Å². The van der Waals surface area contributed by atoms with Crippen LogP contribution in [-0.4, -0.2) is 54.4 Å². The number of amides is 1. The van der Waals surface area contributed by atoms with Gasteiger partial charge in [0.1, 0.15) is 0 Å². The molecule has 3 unspecified atom stereocenters. The van der Waals surface area contributed by atoms with Crippen molar-refractivity contribution in [2.45, 2.75) is 37.3 Å². The lowest BCUT2D eigenvalue weighted by atomic mass is 10.2. The highest BCUT2D eigenvalue weighted by atomic mass is 35.5. The highest BCUT2D eigenvalue weighted by Gasteiger charge is 2.46. The van der Waals surface area contributed by atoms with Gasteiger partial charge in [0.05, 0.1) is 10.7 Å². The van der Waals surface area contributed by atoms with Crippen LogP contribution in [0.2, 0.25) is 5.02 Å². The maximum Gasteiger partial charge on any atom is 0.490 e. The predicted molar refractivity (Wildman–Crippen MR) is 87.5 cm³/mol. The van der Waals surface area contributed by atoms with Crippen LogP contribution >= 0.6 is 11.6 Å². The summed E-state index contributed by atoms with van der Waals surface area (Å²) in [6, 6.07) is 6.39. The van der Waals surface area contributed by atoms with Gasteiger partial charge in [0.2, 0.25) is 6.23 Å². The number of nitrogens with zero attached hydrogens (tertiary/aromatic N) is 1. The summed E-state index contributed by atoms with van der Waals surface area (Å²) in [5.41, 5.74) is 0.227. The highest BCUT2D eigenvalue weighted by Crippen LogP contribution is 2.26. The zero-order valence-electron chi connectivity index (χ0n) is 13.6. The smallest absolute Gasteiger partial charge is 0.430 e. The van der Waals surface area contributed by atoms with Crippen LogP contribution in [0.3, 0.4) is 0 Å². The van der Waals surface area contributed by atoms with E-state index >= 15 is 0 Å². The van der Waals surface area contributed by atoms with E-state index in [-0.39, 0.29) is 22.8 Å². The molecule has 1 amide bonds. The Morgan fingerprint density at radius 2 is 1.85 bits per heavy atom. The molecule has 0 radical (unpaired) electrons. The number of piperazine rings is 1. The summed E-state index contributed by atoms with van der Waals surface area (Å²) in [6.45, 7) is 0.616. The molecule has 2 aliphatic rings. The Bertz CT molecular complexity index is 689. The van der Waals surface area contributed by atoms with Crippen LogP contribution in [0.1, 0.15) is 12.8 Å². The van der Waals surface area contributed by atoms with Crippen molar-refractivity contribution in [3.8, 4) is 0 Å². The largest absolute Gasteiger partial charge is 0.490 e. The van der Waals surface area contributed by atoms with Gasteiger partial charge in [0.15, 0.2) is 0 Å². The summed E-state index contributed by atoms with van der Waals surface area (Å²) in [6.07, 6.45) is -5.17. The lowest BCUT2D eigenvalue weighted by Crippen LogP contribution is -2.58. The molecule has 3 rings (SSSR count). The number of hydrogen-bond donors (Lipinski definition) is 2. The molecule has 0 aliphatic carbocycles. The van der Waals surface area contributed by atoms with Crippen LogP contribution < -0.4 is 10.6 Å². The maximum absolute atomic E-state index is 12.6. The monoisotopic (exact) mass is 391 g/mol. The van der Waals surface area contributed by atoms with Crippen molar-refractivity contribution in [3.63, 3.8) is 0 Å². The van der Waals surface area contributed by atoms with Crippen molar-refractivity contribution in [1.29, 1.82) is 0 Å². The predicted octanol–water partition coefficient (Wildman–Crippen LogP) is 2.15. The van der Waals surface area contributed by atoms with Gasteiger partial charge >= 0.3 is 12.1 Å². The summed E-state index contributed by atoms with van der Waals surface area (Å²) in [7, 11) is 0. The average Bonchev–Trinajstić information content (AvgIpc) is 2.91. The van der Waals surface area contributed by atoms with E-state index < -0.39 is 24.3 Å². The number of carbonyl (C=O) groups excluding carboxylic acids is 2. The summed E-state index contributed by atoms with van der Waals surface area (Å²) < 4.78 is 42.4. The molecule has 26 heavy (non-hydrogen) atoms. The second-order valence-electron chi connectivity index (χ2n) is 6.32. The number of nitrogens with one attached hydrogen (secondary N) is 2. The number of esters is 1. The number of alkyl halides is 3. The summed E-state index contributed by atoms with van der Waals surface area (Å²) in [5.74, 6) is -3.28. The Hall–Kier alpha value is -1.84. The molecular formula is C16H17ClF3N3O3. The third kappa shape index (κ3) is 4.28. The van der Waals surface area contributed by atoms with Crippen molar-refractivity contribution < 1.29 is 27.5 Å². The van der Waals surface area contributed by atoms with Crippen LogP contribution in [0.4, 0.5) is 18.9 Å². The quantitative estimate of drug-likeness (QED) is 0.770. The van der Waals surface area contributed by atoms with E-state index in [1.165, 1.54) is 17.0 Å². The molecule has 0 spiro atoms. The number of anilines is 1. The number of ether oxygens (including phenoxy) is 1. The first-order valence-electron chi connectivity index (χ1n) is 8.07. The molecule has 2 aliphatic heterocycles. The molecule has 6 nitrogen and oxygen atoms in total. The fraction of sp³-hybridized carbons (Fsp3) is 0.500. The Morgan fingerprint density at radius 1 is 1.23 bits per heavy atom. The molecular weight excluding hydrogens is 375 g/mol. The van der Waals surface area contributed by atoms with E-state index in [1.807, 2.05) is 0 Å². The van der Waals surface area contributed by atoms with Crippen LogP contribution in [0.15, 0.2) is 24.3 Å². The van der Waals surface area contributed by atoms with Gasteiger partial charge in [-0.2, -0.15) is 13.2 Å². The van der Waals surface area contributed by atoms with Gasteiger partial charge in [0.25, 0.3) is 5.91 Å². The van der Waals surface area contributed by atoms with Gasteiger partial charge in [-0.05, 0) is 25.0 Å². The van der Waals surface area contributed by atoms with E-state index in [4.69, 9.17) is 11.6 Å². The molecule has 0 aromatic heterocycles. The molecule has 1 aromatic rings. The van der Waals surface area contributed by atoms with E-state index in [0.717, 1.165) is 12.8 Å². The molecule has 2 bridgehead atoms. The number of rotatable bonds is 4. The van der Waals surface area contributed by atoms with Gasteiger partial charge in [0, 0.05) is 25.2 Å². The molecule has 2 fully saturated rings. The number of para-hydroxylation sites is 1. The molecule has 3 atom stereocenters. The van der Waals surface area contributed by atoms with E-state index in [2.05, 4.69) is 15.4 Å².